The number of hydrogen-bond acceptors (Lipinski definition) is 4. The van der Waals surface area contributed by atoms with Crippen molar-refractivity contribution < 1.29 is 4.42 Å². The summed E-state index contributed by atoms with van der Waals surface area (Å²) in [6.07, 6.45) is 2.33. The van der Waals surface area contributed by atoms with E-state index >= 15 is 0 Å². The number of rotatable bonds is 5. The van der Waals surface area contributed by atoms with Crippen LogP contribution in [-0.4, -0.2) is 21.7 Å². The first-order valence-corrected chi connectivity index (χ1v) is 6.33. The smallest absolute Gasteiger partial charge is 0.183 e. The number of halogens is 2. The highest BCUT2D eigenvalue weighted by atomic mass is 79.9. The number of nitrogens with zero attached hydrogens (tertiary/aromatic N) is 2. The monoisotopic (exact) mass is 348 g/mol. The molecule has 16 heavy (non-hydrogen) atoms. The molecular weight excluding hydrogens is 340 g/mol. The van der Waals surface area contributed by atoms with Gasteiger partial charge in [0.25, 0.3) is 0 Å². The van der Waals surface area contributed by atoms with Gasteiger partial charge in [0.05, 0.1) is 11.0 Å². The van der Waals surface area contributed by atoms with Crippen molar-refractivity contribution in [3.63, 3.8) is 0 Å². The maximum absolute atomic E-state index is 5.42. The molecule has 0 aliphatic heterocycles. The van der Waals surface area contributed by atoms with Crippen molar-refractivity contribution in [1.29, 1.82) is 0 Å². The van der Waals surface area contributed by atoms with Crippen LogP contribution in [0.15, 0.2) is 26.0 Å². The SMILES string of the molecule is Brc1cc(CNCCc2ncn[nH]2)oc1Br. The van der Waals surface area contributed by atoms with E-state index in [1.807, 2.05) is 6.07 Å². The second-order valence-corrected chi connectivity index (χ2v) is 4.77. The molecule has 2 aromatic heterocycles. The summed E-state index contributed by atoms with van der Waals surface area (Å²) in [5.74, 6) is 1.77. The van der Waals surface area contributed by atoms with Gasteiger partial charge in [-0.05, 0) is 37.9 Å². The Morgan fingerprint density at radius 1 is 1.44 bits per heavy atom. The fourth-order valence-corrected chi connectivity index (χ4v) is 1.91. The lowest BCUT2D eigenvalue weighted by Crippen LogP contribution is -2.16. The molecule has 2 rings (SSSR count). The average molecular weight is 350 g/mol. The highest BCUT2D eigenvalue weighted by Gasteiger charge is 2.05. The average Bonchev–Trinajstić information content (AvgIpc) is 2.85. The molecule has 0 aliphatic carbocycles. The van der Waals surface area contributed by atoms with E-state index in [0.717, 1.165) is 33.7 Å². The highest BCUT2D eigenvalue weighted by molar-refractivity contribution is 9.13. The Bertz CT molecular complexity index is 421. The topological polar surface area (TPSA) is 66.7 Å². The second kappa shape index (κ2) is 5.60. The van der Waals surface area contributed by atoms with Crippen molar-refractivity contribution in [2.24, 2.45) is 0 Å². The van der Waals surface area contributed by atoms with Gasteiger partial charge in [0, 0.05) is 13.0 Å². The van der Waals surface area contributed by atoms with Crippen molar-refractivity contribution >= 4 is 31.9 Å². The van der Waals surface area contributed by atoms with E-state index in [9.17, 15) is 0 Å². The molecule has 0 aromatic carbocycles. The van der Waals surface area contributed by atoms with Crippen LogP contribution in [0, 0.1) is 0 Å². The largest absolute Gasteiger partial charge is 0.452 e. The summed E-state index contributed by atoms with van der Waals surface area (Å²) in [5.41, 5.74) is 0. The van der Waals surface area contributed by atoms with Crippen molar-refractivity contribution in [2.75, 3.05) is 6.54 Å². The Labute approximate surface area is 109 Å². The van der Waals surface area contributed by atoms with E-state index in [1.165, 1.54) is 6.33 Å². The summed E-state index contributed by atoms with van der Waals surface area (Å²) in [5, 5.41) is 9.85. The lowest BCUT2D eigenvalue weighted by Gasteiger charge is -1.99. The summed E-state index contributed by atoms with van der Waals surface area (Å²) < 4.78 is 7.07. The van der Waals surface area contributed by atoms with Gasteiger partial charge in [-0.2, -0.15) is 5.10 Å². The second-order valence-electron chi connectivity index (χ2n) is 3.19. The Kier molecular flexibility index (Phi) is 4.14. The zero-order valence-electron chi connectivity index (χ0n) is 8.33. The van der Waals surface area contributed by atoms with Gasteiger partial charge < -0.3 is 9.73 Å². The van der Waals surface area contributed by atoms with Crippen molar-refractivity contribution in [3.05, 3.63) is 33.1 Å². The fraction of sp³-hybridized carbons (Fsp3) is 0.333. The number of nitrogens with one attached hydrogen (secondary N) is 2. The minimum atomic E-state index is 0.693. The van der Waals surface area contributed by atoms with Gasteiger partial charge in [0.2, 0.25) is 0 Å². The summed E-state index contributed by atoms with van der Waals surface area (Å²) in [6.45, 7) is 1.52. The predicted molar refractivity (Wildman–Crippen MR) is 65.9 cm³/mol. The quantitative estimate of drug-likeness (QED) is 0.812. The first-order chi connectivity index (χ1) is 7.75. The number of furan rings is 1. The van der Waals surface area contributed by atoms with E-state index in [-0.39, 0.29) is 0 Å². The third-order valence-corrected chi connectivity index (χ3v) is 3.71. The number of aromatic nitrogens is 3. The minimum Gasteiger partial charge on any atom is -0.452 e. The van der Waals surface area contributed by atoms with Crippen LogP contribution in [-0.2, 0) is 13.0 Å². The molecule has 86 valence electrons. The summed E-state index contributed by atoms with van der Waals surface area (Å²) in [6, 6.07) is 1.94. The van der Waals surface area contributed by atoms with Crippen molar-refractivity contribution in [2.45, 2.75) is 13.0 Å². The maximum Gasteiger partial charge on any atom is 0.183 e. The molecule has 0 fully saturated rings. The minimum absolute atomic E-state index is 0.693. The van der Waals surface area contributed by atoms with E-state index in [0.29, 0.717) is 6.54 Å². The lowest BCUT2D eigenvalue weighted by atomic mass is 10.4. The zero-order chi connectivity index (χ0) is 11.4. The highest BCUT2D eigenvalue weighted by Crippen LogP contribution is 2.26. The first kappa shape index (κ1) is 11.8. The standard InChI is InChI=1S/C9H10Br2N4O/c10-7-3-6(16-9(7)11)4-12-2-1-8-13-5-14-15-8/h3,5,12H,1-2,4H2,(H,13,14,15). The van der Waals surface area contributed by atoms with Crippen LogP contribution in [0.1, 0.15) is 11.6 Å². The molecule has 0 unspecified atom stereocenters. The molecule has 0 amide bonds. The van der Waals surface area contributed by atoms with Crippen molar-refractivity contribution in [1.82, 2.24) is 20.5 Å². The Morgan fingerprint density at radius 2 is 2.31 bits per heavy atom. The summed E-state index contributed by atoms with van der Waals surface area (Å²) >= 11 is 6.66. The Morgan fingerprint density at radius 3 is 2.94 bits per heavy atom. The Hall–Kier alpha value is -0.660. The molecule has 2 aromatic rings. The number of hydrogen-bond donors (Lipinski definition) is 2. The fourth-order valence-electron chi connectivity index (χ4n) is 1.25. The van der Waals surface area contributed by atoms with Crippen LogP contribution in [0.25, 0.3) is 0 Å². The molecule has 0 aliphatic rings. The van der Waals surface area contributed by atoms with Gasteiger partial charge in [0.1, 0.15) is 17.9 Å². The Balaban J connectivity index is 1.72. The molecule has 0 saturated carbocycles. The number of H-pyrrole nitrogens is 1. The van der Waals surface area contributed by atoms with Gasteiger partial charge in [-0.3, -0.25) is 5.10 Å². The van der Waals surface area contributed by atoms with E-state index in [2.05, 4.69) is 52.4 Å². The van der Waals surface area contributed by atoms with Crippen LogP contribution >= 0.6 is 31.9 Å². The van der Waals surface area contributed by atoms with E-state index < -0.39 is 0 Å². The van der Waals surface area contributed by atoms with Crippen LogP contribution < -0.4 is 5.32 Å². The van der Waals surface area contributed by atoms with Gasteiger partial charge in [-0.15, -0.1) is 0 Å². The normalized spacial score (nSPS) is 10.9. The molecule has 0 spiro atoms. The van der Waals surface area contributed by atoms with Crippen LogP contribution in [0.2, 0.25) is 0 Å². The molecular formula is C9H10Br2N4O. The third-order valence-electron chi connectivity index (χ3n) is 2.00. The van der Waals surface area contributed by atoms with E-state index in [1.54, 1.807) is 0 Å². The maximum atomic E-state index is 5.42. The molecule has 0 radical (unpaired) electrons. The molecule has 0 saturated heterocycles. The zero-order valence-corrected chi connectivity index (χ0v) is 11.5. The van der Waals surface area contributed by atoms with E-state index in [4.69, 9.17) is 4.42 Å². The molecule has 0 atom stereocenters. The summed E-state index contributed by atoms with van der Waals surface area (Å²) in [4.78, 5) is 4.03. The predicted octanol–water partition coefficient (Wildman–Crippen LogP) is 2.25. The first-order valence-electron chi connectivity index (χ1n) is 4.74. The lowest BCUT2D eigenvalue weighted by molar-refractivity contribution is 0.465. The van der Waals surface area contributed by atoms with Gasteiger partial charge >= 0.3 is 0 Å². The molecule has 2 N–H and O–H groups in total. The third kappa shape index (κ3) is 3.16. The number of aromatic amines is 1. The molecule has 7 heteroatoms. The molecule has 5 nitrogen and oxygen atoms in total. The molecule has 2 heterocycles. The molecule has 0 bridgehead atoms. The summed E-state index contributed by atoms with van der Waals surface area (Å²) in [7, 11) is 0. The van der Waals surface area contributed by atoms with Crippen LogP contribution in [0.4, 0.5) is 0 Å². The van der Waals surface area contributed by atoms with Crippen LogP contribution in [0.3, 0.4) is 0 Å². The van der Waals surface area contributed by atoms with Gasteiger partial charge in [0.15, 0.2) is 4.67 Å². The van der Waals surface area contributed by atoms with Crippen LogP contribution in [0.5, 0.6) is 0 Å². The van der Waals surface area contributed by atoms with Crippen molar-refractivity contribution in [3.8, 4) is 0 Å². The van der Waals surface area contributed by atoms with Gasteiger partial charge in [-0.25, -0.2) is 4.98 Å². The van der Waals surface area contributed by atoms with Gasteiger partial charge in [-0.1, -0.05) is 0 Å².